The lowest BCUT2D eigenvalue weighted by Crippen LogP contribution is -2.45. The molecule has 138 valence electrons. The standard InChI is InChI=1S/C20H23ClN2O3/c1-20(2,19(25)23-16-6-4-5-7-17(16)26-3)18(24)22-13-12-14-8-10-15(21)11-9-14/h4-11H,12-13H2,1-3H3,(H,22,24)(H,23,25). The summed E-state index contributed by atoms with van der Waals surface area (Å²) in [7, 11) is 1.53. The van der Waals surface area contributed by atoms with Crippen molar-refractivity contribution in [2.75, 3.05) is 19.0 Å². The Kier molecular flexibility index (Phi) is 6.64. The summed E-state index contributed by atoms with van der Waals surface area (Å²) in [5.41, 5.74) is 0.369. The van der Waals surface area contributed by atoms with E-state index in [9.17, 15) is 9.59 Å². The SMILES string of the molecule is COc1ccccc1NC(=O)C(C)(C)C(=O)NCCc1ccc(Cl)cc1. The Morgan fingerprint density at radius 3 is 2.35 bits per heavy atom. The Morgan fingerprint density at radius 1 is 1.04 bits per heavy atom. The molecule has 0 unspecified atom stereocenters. The van der Waals surface area contributed by atoms with Crippen molar-refractivity contribution < 1.29 is 14.3 Å². The van der Waals surface area contributed by atoms with E-state index >= 15 is 0 Å². The molecule has 0 aliphatic rings. The van der Waals surface area contributed by atoms with E-state index in [0.717, 1.165) is 5.56 Å². The molecule has 0 aliphatic carbocycles. The number of amides is 2. The molecule has 0 aliphatic heterocycles. The number of rotatable bonds is 7. The molecule has 0 saturated heterocycles. The van der Waals surface area contributed by atoms with Gasteiger partial charge in [0.05, 0.1) is 12.8 Å². The molecule has 0 aromatic heterocycles. The van der Waals surface area contributed by atoms with Crippen molar-refractivity contribution in [2.45, 2.75) is 20.3 Å². The third-order valence-electron chi connectivity index (χ3n) is 4.10. The Labute approximate surface area is 158 Å². The van der Waals surface area contributed by atoms with Crippen LogP contribution in [-0.2, 0) is 16.0 Å². The van der Waals surface area contributed by atoms with Crippen LogP contribution in [0.4, 0.5) is 5.69 Å². The van der Waals surface area contributed by atoms with Crippen LogP contribution in [0, 0.1) is 5.41 Å². The number of carbonyl (C=O) groups excluding carboxylic acids is 2. The highest BCUT2D eigenvalue weighted by Crippen LogP contribution is 2.26. The molecule has 0 bridgehead atoms. The minimum absolute atomic E-state index is 0.334. The summed E-state index contributed by atoms with van der Waals surface area (Å²) in [6, 6.07) is 14.5. The summed E-state index contributed by atoms with van der Waals surface area (Å²) < 4.78 is 5.22. The molecule has 2 rings (SSSR count). The largest absolute Gasteiger partial charge is 0.495 e. The van der Waals surface area contributed by atoms with Gasteiger partial charge in [-0.15, -0.1) is 0 Å². The summed E-state index contributed by atoms with van der Waals surface area (Å²) >= 11 is 5.86. The minimum Gasteiger partial charge on any atom is -0.495 e. The van der Waals surface area contributed by atoms with Crippen molar-refractivity contribution in [2.24, 2.45) is 5.41 Å². The topological polar surface area (TPSA) is 67.4 Å². The second-order valence-corrected chi connectivity index (χ2v) is 6.85. The zero-order valence-corrected chi connectivity index (χ0v) is 15.9. The van der Waals surface area contributed by atoms with Gasteiger partial charge in [-0.3, -0.25) is 9.59 Å². The zero-order valence-electron chi connectivity index (χ0n) is 15.1. The highest BCUT2D eigenvalue weighted by atomic mass is 35.5. The number of halogens is 1. The Bertz CT molecular complexity index is 773. The van der Waals surface area contributed by atoms with E-state index in [0.29, 0.717) is 29.4 Å². The van der Waals surface area contributed by atoms with Crippen LogP contribution in [0.1, 0.15) is 19.4 Å². The van der Waals surface area contributed by atoms with Crippen molar-refractivity contribution >= 4 is 29.1 Å². The van der Waals surface area contributed by atoms with Crippen molar-refractivity contribution in [3.8, 4) is 5.75 Å². The summed E-state index contributed by atoms with van der Waals surface area (Å²) in [4.78, 5) is 25.0. The van der Waals surface area contributed by atoms with Gasteiger partial charge in [-0.25, -0.2) is 0 Å². The van der Waals surface area contributed by atoms with Gasteiger partial charge in [0.25, 0.3) is 0 Å². The van der Waals surface area contributed by atoms with Crippen LogP contribution in [0.5, 0.6) is 5.75 Å². The highest BCUT2D eigenvalue weighted by Gasteiger charge is 2.36. The molecular formula is C20H23ClN2O3. The number of carbonyl (C=O) groups is 2. The molecule has 2 N–H and O–H groups in total. The average Bonchev–Trinajstić information content (AvgIpc) is 2.63. The minimum atomic E-state index is -1.22. The molecule has 0 saturated carbocycles. The number of ether oxygens (including phenoxy) is 1. The Morgan fingerprint density at radius 2 is 1.69 bits per heavy atom. The monoisotopic (exact) mass is 374 g/mol. The molecule has 26 heavy (non-hydrogen) atoms. The van der Waals surface area contributed by atoms with Crippen molar-refractivity contribution in [1.82, 2.24) is 5.32 Å². The quantitative estimate of drug-likeness (QED) is 0.726. The molecule has 6 heteroatoms. The Balaban J connectivity index is 1.93. The van der Waals surface area contributed by atoms with Gasteiger partial charge < -0.3 is 15.4 Å². The first-order valence-corrected chi connectivity index (χ1v) is 8.69. The normalized spacial score (nSPS) is 10.9. The number of methoxy groups -OCH3 is 1. The van der Waals surface area contributed by atoms with Crippen LogP contribution >= 0.6 is 11.6 Å². The van der Waals surface area contributed by atoms with Crippen LogP contribution < -0.4 is 15.4 Å². The van der Waals surface area contributed by atoms with Gasteiger partial charge in [-0.2, -0.15) is 0 Å². The number of hydrogen-bond acceptors (Lipinski definition) is 3. The molecule has 0 radical (unpaired) electrons. The molecule has 0 atom stereocenters. The molecule has 2 amide bonds. The number of para-hydroxylation sites is 2. The summed E-state index contributed by atoms with van der Waals surface area (Å²) in [5.74, 6) is -0.190. The van der Waals surface area contributed by atoms with Crippen molar-refractivity contribution in [3.63, 3.8) is 0 Å². The predicted octanol–water partition coefficient (Wildman–Crippen LogP) is 3.67. The average molecular weight is 375 g/mol. The molecular weight excluding hydrogens is 352 g/mol. The third kappa shape index (κ3) is 4.99. The molecule has 2 aromatic carbocycles. The van der Waals surface area contributed by atoms with Crippen molar-refractivity contribution in [1.29, 1.82) is 0 Å². The van der Waals surface area contributed by atoms with Gasteiger partial charge in [0, 0.05) is 11.6 Å². The second kappa shape index (κ2) is 8.72. The first-order chi connectivity index (χ1) is 12.3. The summed E-state index contributed by atoms with van der Waals surface area (Å²) in [5, 5.41) is 6.25. The van der Waals surface area contributed by atoms with Gasteiger partial charge >= 0.3 is 0 Å². The van der Waals surface area contributed by atoms with Crippen LogP contribution in [0.25, 0.3) is 0 Å². The lowest BCUT2D eigenvalue weighted by atomic mass is 9.90. The van der Waals surface area contributed by atoms with E-state index in [4.69, 9.17) is 16.3 Å². The lowest BCUT2D eigenvalue weighted by molar-refractivity contribution is -0.138. The molecule has 0 fully saturated rings. The summed E-state index contributed by atoms with van der Waals surface area (Å²) in [6.45, 7) is 3.62. The van der Waals surface area contributed by atoms with E-state index in [1.807, 2.05) is 30.3 Å². The predicted molar refractivity (Wildman–Crippen MR) is 104 cm³/mol. The van der Waals surface area contributed by atoms with Crippen LogP contribution in [0.15, 0.2) is 48.5 Å². The molecule has 0 heterocycles. The van der Waals surface area contributed by atoms with Gasteiger partial charge in [0.1, 0.15) is 11.2 Å². The maximum absolute atomic E-state index is 12.6. The zero-order chi connectivity index (χ0) is 19.2. The number of hydrogen-bond donors (Lipinski definition) is 2. The van der Waals surface area contributed by atoms with Crippen LogP contribution in [0.3, 0.4) is 0 Å². The smallest absolute Gasteiger partial charge is 0.239 e. The summed E-state index contributed by atoms with van der Waals surface area (Å²) in [6.07, 6.45) is 0.660. The van der Waals surface area contributed by atoms with E-state index in [1.54, 1.807) is 32.0 Å². The lowest BCUT2D eigenvalue weighted by Gasteiger charge is -2.23. The first-order valence-electron chi connectivity index (χ1n) is 8.32. The van der Waals surface area contributed by atoms with Gasteiger partial charge in [0.2, 0.25) is 11.8 Å². The third-order valence-corrected chi connectivity index (χ3v) is 4.35. The highest BCUT2D eigenvalue weighted by molar-refractivity contribution is 6.30. The number of anilines is 1. The van der Waals surface area contributed by atoms with Gasteiger partial charge in [-0.1, -0.05) is 35.9 Å². The van der Waals surface area contributed by atoms with E-state index in [1.165, 1.54) is 7.11 Å². The Hall–Kier alpha value is -2.53. The van der Waals surface area contributed by atoms with Crippen molar-refractivity contribution in [3.05, 3.63) is 59.1 Å². The fourth-order valence-electron chi connectivity index (χ4n) is 2.32. The van der Waals surface area contributed by atoms with E-state index < -0.39 is 11.3 Å². The van der Waals surface area contributed by atoms with Crippen LogP contribution in [0.2, 0.25) is 5.02 Å². The molecule has 2 aromatic rings. The van der Waals surface area contributed by atoms with E-state index in [-0.39, 0.29) is 5.91 Å². The second-order valence-electron chi connectivity index (χ2n) is 6.41. The maximum Gasteiger partial charge on any atom is 0.239 e. The van der Waals surface area contributed by atoms with Crippen LogP contribution in [-0.4, -0.2) is 25.5 Å². The molecule has 5 nitrogen and oxygen atoms in total. The number of benzene rings is 2. The van der Waals surface area contributed by atoms with Gasteiger partial charge in [-0.05, 0) is 50.1 Å². The molecule has 0 spiro atoms. The fourth-order valence-corrected chi connectivity index (χ4v) is 2.45. The maximum atomic E-state index is 12.6. The fraction of sp³-hybridized carbons (Fsp3) is 0.300. The van der Waals surface area contributed by atoms with E-state index in [2.05, 4.69) is 10.6 Å². The first kappa shape index (κ1) is 19.8. The van der Waals surface area contributed by atoms with Gasteiger partial charge in [0.15, 0.2) is 0 Å². The number of nitrogens with one attached hydrogen (secondary N) is 2.